The van der Waals surface area contributed by atoms with Gasteiger partial charge in [-0.3, -0.25) is 14.3 Å². The Morgan fingerprint density at radius 3 is 2.63 bits per heavy atom. The molecule has 3 aromatic heterocycles. The van der Waals surface area contributed by atoms with Crippen LogP contribution < -0.4 is 10.9 Å². The van der Waals surface area contributed by atoms with Gasteiger partial charge in [-0.05, 0) is 25.0 Å². The summed E-state index contributed by atoms with van der Waals surface area (Å²) in [5, 5.41) is 7.44. The van der Waals surface area contributed by atoms with Crippen LogP contribution in [0.3, 0.4) is 0 Å². The molecule has 3 heterocycles. The molecule has 4 rings (SSSR count). The quantitative estimate of drug-likeness (QED) is 0.422. The second-order valence-electron chi connectivity index (χ2n) is 7.56. The summed E-state index contributed by atoms with van der Waals surface area (Å²) in [4.78, 5) is 30.8. The second kappa shape index (κ2) is 8.57. The van der Waals surface area contributed by atoms with Crippen LogP contribution in [-0.4, -0.2) is 25.2 Å². The van der Waals surface area contributed by atoms with Crippen LogP contribution in [0.5, 0.6) is 0 Å². The zero-order valence-corrected chi connectivity index (χ0v) is 17.4. The molecule has 156 valence electrons. The zero-order chi connectivity index (χ0) is 21.1. The number of aromatic nitrogens is 4. The van der Waals surface area contributed by atoms with Crippen LogP contribution in [0.2, 0.25) is 0 Å². The van der Waals surface area contributed by atoms with E-state index in [0.717, 1.165) is 43.3 Å². The van der Waals surface area contributed by atoms with Gasteiger partial charge < -0.3 is 15.0 Å². The van der Waals surface area contributed by atoms with E-state index in [0.29, 0.717) is 28.7 Å². The van der Waals surface area contributed by atoms with Gasteiger partial charge in [-0.15, -0.1) is 0 Å². The van der Waals surface area contributed by atoms with E-state index in [2.05, 4.69) is 17.3 Å². The maximum Gasteiger partial charge on any atom is 0.262 e. The van der Waals surface area contributed by atoms with E-state index in [9.17, 15) is 9.59 Å². The monoisotopic (exact) mass is 405 g/mol. The molecule has 0 aliphatic rings. The van der Waals surface area contributed by atoms with Crippen molar-refractivity contribution in [2.24, 2.45) is 0 Å². The third-order valence-electron chi connectivity index (χ3n) is 5.34. The molecule has 0 unspecified atom stereocenters. The van der Waals surface area contributed by atoms with Crippen molar-refractivity contribution in [1.29, 1.82) is 0 Å². The predicted octanol–water partition coefficient (Wildman–Crippen LogP) is 4.53. The smallest absolute Gasteiger partial charge is 0.262 e. The Labute approximate surface area is 174 Å². The number of carbonyl (C=O) groups excluding carboxylic acids is 1. The number of nitrogens with one attached hydrogen (secondary N) is 2. The highest BCUT2D eigenvalue weighted by atomic mass is 16.2. The number of nitrogens with zero attached hydrogens (tertiary/aromatic N) is 3. The standard InChI is InChI=1S/C23H27N5O2/c1-3-5-9-13-28-21-17(14-24-28)20(26-22(29)16-10-7-6-8-11-16)19-18(25-21)15-27(12-4-2)23(19)30/h6-8,10-11,14-15,24H,3-5,9,12-13H2,1-2H3,(H,26,29). The molecular weight excluding hydrogens is 378 g/mol. The minimum Gasteiger partial charge on any atom is -0.320 e. The molecule has 0 bridgehead atoms. The zero-order valence-electron chi connectivity index (χ0n) is 17.4. The lowest BCUT2D eigenvalue weighted by Gasteiger charge is -2.09. The van der Waals surface area contributed by atoms with E-state index in [-0.39, 0.29) is 11.5 Å². The summed E-state index contributed by atoms with van der Waals surface area (Å²) in [6.07, 6.45) is 7.76. The highest BCUT2D eigenvalue weighted by Gasteiger charge is 2.20. The number of unbranched alkanes of at least 4 members (excludes halogenated alkanes) is 2. The summed E-state index contributed by atoms with van der Waals surface area (Å²) in [5.41, 5.74) is 2.30. The summed E-state index contributed by atoms with van der Waals surface area (Å²) in [5.74, 6) is -0.245. The van der Waals surface area contributed by atoms with Crippen molar-refractivity contribution in [3.8, 4) is 0 Å². The fourth-order valence-electron chi connectivity index (χ4n) is 3.81. The molecule has 2 N–H and O–H groups in total. The number of hydrogen-bond donors (Lipinski definition) is 2. The minimum atomic E-state index is -0.245. The average molecular weight is 406 g/mol. The molecular formula is C23H27N5O2. The fraction of sp³-hybridized carbons (Fsp3) is 0.348. The number of anilines is 1. The second-order valence-corrected chi connectivity index (χ2v) is 7.56. The topological polar surface area (TPSA) is 84.7 Å². The Bertz CT molecular complexity index is 1230. The van der Waals surface area contributed by atoms with Gasteiger partial charge >= 0.3 is 0 Å². The Hall–Kier alpha value is -3.35. The summed E-state index contributed by atoms with van der Waals surface area (Å²) in [6.45, 7) is 5.63. The van der Waals surface area contributed by atoms with Crippen molar-refractivity contribution in [3.63, 3.8) is 0 Å². The number of fused-ring (bicyclic) bond motifs is 2. The molecule has 7 heteroatoms. The van der Waals surface area contributed by atoms with E-state index in [4.69, 9.17) is 4.98 Å². The van der Waals surface area contributed by atoms with E-state index >= 15 is 0 Å². The number of aryl methyl sites for hydroxylation is 2. The van der Waals surface area contributed by atoms with E-state index < -0.39 is 0 Å². The van der Waals surface area contributed by atoms with Gasteiger partial charge in [0.25, 0.3) is 11.5 Å². The molecule has 0 radical (unpaired) electrons. The number of H-pyrrole nitrogens is 1. The lowest BCUT2D eigenvalue weighted by molar-refractivity contribution is 0.102. The van der Waals surface area contributed by atoms with Gasteiger partial charge in [-0.1, -0.05) is 44.9 Å². The molecule has 0 aliphatic carbocycles. The summed E-state index contributed by atoms with van der Waals surface area (Å²) < 4.78 is 3.67. The van der Waals surface area contributed by atoms with Crippen molar-refractivity contribution >= 4 is 33.5 Å². The van der Waals surface area contributed by atoms with E-state index in [1.54, 1.807) is 22.9 Å². The minimum absolute atomic E-state index is 0.122. The molecule has 0 saturated heterocycles. The summed E-state index contributed by atoms with van der Waals surface area (Å²) in [7, 11) is 0. The van der Waals surface area contributed by atoms with Crippen molar-refractivity contribution in [1.82, 2.24) is 19.3 Å². The fourth-order valence-corrected chi connectivity index (χ4v) is 3.81. The van der Waals surface area contributed by atoms with Crippen molar-refractivity contribution in [3.05, 3.63) is 58.6 Å². The first-order chi connectivity index (χ1) is 14.6. The molecule has 0 spiro atoms. The van der Waals surface area contributed by atoms with Gasteiger partial charge in [0.15, 0.2) is 5.65 Å². The molecule has 0 aliphatic heterocycles. The number of rotatable bonds is 8. The Kier molecular flexibility index (Phi) is 5.70. The van der Waals surface area contributed by atoms with Crippen LogP contribution >= 0.6 is 0 Å². The van der Waals surface area contributed by atoms with Crippen LogP contribution in [0.1, 0.15) is 49.9 Å². The van der Waals surface area contributed by atoms with Gasteiger partial charge in [0.05, 0.1) is 22.0 Å². The molecule has 30 heavy (non-hydrogen) atoms. The summed E-state index contributed by atoms with van der Waals surface area (Å²) in [6, 6.07) is 9.02. The van der Waals surface area contributed by atoms with Crippen molar-refractivity contribution in [2.75, 3.05) is 5.32 Å². The van der Waals surface area contributed by atoms with Crippen LogP contribution in [0.15, 0.2) is 47.5 Å². The number of carbonyl (C=O) groups is 1. The average Bonchev–Trinajstić information content (AvgIpc) is 3.30. The molecule has 0 atom stereocenters. The van der Waals surface area contributed by atoms with Gasteiger partial charge in [0.1, 0.15) is 0 Å². The highest BCUT2D eigenvalue weighted by molar-refractivity contribution is 6.15. The van der Waals surface area contributed by atoms with E-state index in [1.165, 1.54) is 0 Å². The third kappa shape index (κ3) is 3.63. The lowest BCUT2D eigenvalue weighted by atomic mass is 10.1. The number of amides is 1. The van der Waals surface area contributed by atoms with Gasteiger partial charge in [-0.25, -0.2) is 4.98 Å². The number of pyridine rings is 1. The van der Waals surface area contributed by atoms with Crippen molar-refractivity contribution in [2.45, 2.75) is 52.6 Å². The molecule has 4 aromatic rings. The molecule has 0 saturated carbocycles. The molecule has 0 fully saturated rings. The normalized spacial score (nSPS) is 11.4. The first-order valence-electron chi connectivity index (χ1n) is 10.6. The highest BCUT2D eigenvalue weighted by Crippen LogP contribution is 2.30. The third-order valence-corrected chi connectivity index (χ3v) is 5.34. The van der Waals surface area contributed by atoms with Crippen LogP contribution in [-0.2, 0) is 13.1 Å². The van der Waals surface area contributed by atoms with Gasteiger partial charge in [-0.2, -0.15) is 0 Å². The van der Waals surface area contributed by atoms with E-state index in [1.807, 2.05) is 36.0 Å². The Morgan fingerprint density at radius 1 is 1.10 bits per heavy atom. The first kappa shape index (κ1) is 19.9. The van der Waals surface area contributed by atoms with Crippen molar-refractivity contribution < 1.29 is 4.79 Å². The predicted molar refractivity (Wildman–Crippen MR) is 120 cm³/mol. The SMILES string of the molecule is CCCCCn1[nH]cc2c(NC(=O)c3ccccc3)c3c(=O)n(CCC)cc3nc21. The molecule has 1 amide bonds. The van der Waals surface area contributed by atoms with Gasteiger partial charge in [0.2, 0.25) is 0 Å². The maximum absolute atomic E-state index is 13.1. The Morgan fingerprint density at radius 2 is 1.90 bits per heavy atom. The molecule has 7 nitrogen and oxygen atoms in total. The largest absolute Gasteiger partial charge is 0.320 e. The van der Waals surface area contributed by atoms with Crippen LogP contribution in [0.25, 0.3) is 21.9 Å². The summed E-state index contributed by atoms with van der Waals surface area (Å²) >= 11 is 0. The lowest BCUT2D eigenvalue weighted by Crippen LogP contribution is -2.17. The molecule has 1 aromatic carbocycles. The van der Waals surface area contributed by atoms with Crippen LogP contribution in [0, 0.1) is 0 Å². The maximum atomic E-state index is 13.1. The van der Waals surface area contributed by atoms with Gasteiger partial charge in [0, 0.05) is 31.0 Å². The number of aromatic amines is 1. The Balaban J connectivity index is 1.87. The number of benzene rings is 1. The van der Waals surface area contributed by atoms with Crippen LogP contribution in [0.4, 0.5) is 5.69 Å². The first-order valence-corrected chi connectivity index (χ1v) is 10.6. The number of hydrogen-bond acceptors (Lipinski definition) is 3.